The van der Waals surface area contributed by atoms with Crippen LogP contribution in [0, 0.1) is 5.92 Å². The monoisotopic (exact) mass is 352 g/mol. The molecular weight excluding hydrogens is 336 g/mol. The largest absolute Gasteiger partial charge is 0.481 e. The summed E-state index contributed by atoms with van der Waals surface area (Å²) < 4.78 is 5.16. The van der Waals surface area contributed by atoms with E-state index in [1.165, 1.54) is 0 Å². The van der Waals surface area contributed by atoms with Gasteiger partial charge in [-0.05, 0) is 31.0 Å². The molecule has 0 aliphatic carbocycles. The smallest absolute Gasteiger partial charge is 0.331 e. The van der Waals surface area contributed by atoms with Crippen LogP contribution in [-0.4, -0.2) is 54.0 Å². The van der Waals surface area contributed by atoms with Gasteiger partial charge < -0.3 is 19.6 Å². The van der Waals surface area contributed by atoms with Crippen molar-refractivity contribution in [3.05, 3.63) is 23.2 Å². The van der Waals surface area contributed by atoms with Crippen LogP contribution >= 0.6 is 11.6 Å². The summed E-state index contributed by atoms with van der Waals surface area (Å²) in [6.45, 7) is 0.831. The van der Waals surface area contributed by atoms with Gasteiger partial charge in [0.15, 0.2) is 5.75 Å². The van der Waals surface area contributed by atoms with Crippen LogP contribution in [0.25, 0.3) is 0 Å². The zero-order valence-electron chi connectivity index (χ0n) is 12.9. The van der Waals surface area contributed by atoms with Crippen LogP contribution in [0.5, 0.6) is 5.75 Å². The molecule has 0 aromatic heterocycles. The number of rotatable bonds is 3. The molecule has 0 unspecified atom stereocenters. The van der Waals surface area contributed by atoms with Gasteiger partial charge in [0.25, 0.3) is 0 Å². The van der Waals surface area contributed by atoms with Crippen molar-refractivity contribution in [2.24, 2.45) is 5.92 Å². The molecule has 2 aliphatic heterocycles. The first-order chi connectivity index (χ1) is 11.4. The summed E-state index contributed by atoms with van der Waals surface area (Å²) in [5.74, 6) is -1.39. The van der Waals surface area contributed by atoms with Gasteiger partial charge in [0.1, 0.15) is 6.54 Å². The first kappa shape index (κ1) is 16.6. The fraction of sp³-hybridized carbons (Fsp3) is 0.438. The Morgan fingerprint density at radius 2 is 2.00 bits per heavy atom. The van der Waals surface area contributed by atoms with Crippen LogP contribution in [0.1, 0.15) is 12.8 Å². The van der Waals surface area contributed by atoms with Crippen molar-refractivity contribution in [3.8, 4) is 5.75 Å². The highest BCUT2D eigenvalue weighted by Gasteiger charge is 2.30. The fourth-order valence-electron chi connectivity index (χ4n) is 3.00. The molecular formula is C16H17ClN2O5. The Labute approximate surface area is 143 Å². The number of anilines is 1. The van der Waals surface area contributed by atoms with Crippen LogP contribution < -0.4 is 9.64 Å². The highest BCUT2D eigenvalue weighted by molar-refractivity contribution is 6.31. The number of esters is 1. The SMILES string of the molecule is O=C1CN(CC(=O)N2CCC(C(=O)O)CC2)c2cc(Cl)ccc2O1. The molecule has 0 bridgehead atoms. The van der Waals surface area contributed by atoms with Gasteiger partial charge in [0.2, 0.25) is 5.91 Å². The molecule has 128 valence electrons. The van der Waals surface area contributed by atoms with Crippen molar-refractivity contribution in [3.63, 3.8) is 0 Å². The predicted octanol–water partition coefficient (Wildman–Crippen LogP) is 1.39. The number of carbonyl (C=O) groups is 3. The van der Waals surface area contributed by atoms with E-state index < -0.39 is 17.9 Å². The zero-order chi connectivity index (χ0) is 17.3. The standard InChI is InChI=1S/C16H17ClN2O5/c17-11-1-2-13-12(7-11)19(9-15(21)24-13)8-14(20)18-5-3-10(4-6-18)16(22)23/h1-2,7,10H,3-6,8-9H2,(H,22,23). The van der Waals surface area contributed by atoms with Gasteiger partial charge in [-0.1, -0.05) is 11.6 Å². The highest BCUT2D eigenvalue weighted by Crippen LogP contribution is 2.34. The normalized spacial score (nSPS) is 18.1. The summed E-state index contributed by atoms with van der Waals surface area (Å²) in [4.78, 5) is 38.5. The van der Waals surface area contributed by atoms with Gasteiger partial charge in [-0.25, -0.2) is 4.79 Å². The lowest BCUT2D eigenvalue weighted by atomic mass is 9.97. The second kappa shape index (κ2) is 6.68. The number of fused-ring (bicyclic) bond motifs is 1. The Morgan fingerprint density at radius 1 is 1.29 bits per heavy atom. The van der Waals surface area contributed by atoms with E-state index in [1.54, 1.807) is 28.0 Å². The second-order valence-corrected chi connectivity index (χ2v) is 6.37. The number of likely N-dealkylation sites (tertiary alicyclic amines) is 1. The minimum atomic E-state index is -0.815. The molecule has 8 heteroatoms. The third kappa shape index (κ3) is 3.46. The van der Waals surface area contributed by atoms with Gasteiger partial charge in [0, 0.05) is 18.1 Å². The molecule has 0 radical (unpaired) electrons. The number of amides is 1. The van der Waals surface area contributed by atoms with Crippen molar-refractivity contribution < 1.29 is 24.2 Å². The molecule has 1 aromatic carbocycles. The Balaban J connectivity index is 1.68. The lowest BCUT2D eigenvalue weighted by Gasteiger charge is -2.34. The Bertz CT molecular complexity index is 685. The summed E-state index contributed by atoms with van der Waals surface area (Å²) in [5.41, 5.74) is 0.607. The van der Waals surface area contributed by atoms with E-state index in [0.717, 1.165) is 0 Å². The van der Waals surface area contributed by atoms with E-state index in [-0.39, 0.29) is 19.0 Å². The number of benzene rings is 1. The van der Waals surface area contributed by atoms with Crippen molar-refractivity contribution in [1.82, 2.24) is 4.90 Å². The molecule has 1 amide bonds. The average Bonchev–Trinajstić information content (AvgIpc) is 2.55. The minimum Gasteiger partial charge on any atom is -0.481 e. The number of piperidine rings is 1. The summed E-state index contributed by atoms with van der Waals surface area (Å²) in [7, 11) is 0. The van der Waals surface area contributed by atoms with Crippen LogP contribution in [0.4, 0.5) is 5.69 Å². The topological polar surface area (TPSA) is 87.2 Å². The van der Waals surface area contributed by atoms with Crippen molar-refractivity contribution in [2.75, 3.05) is 31.1 Å². The molecule has 7 nitrogen and oxygen atoms in total. The molecule has 2 aliphatic rings. The van der Waals surface area contributed by atoms with Crippen LogP contribution in [-0.2, 0) is 14.4 Å². The second-order valence-electron chi connectivity index (χ2n) is 5.94. The first-order valence-corrected chi connectivity index (χ1v) is 8.07. The molecule has 2 heterocycles. The molecule has 0 atom stereocenters. The molecule has 1 fully saturated rings. The van der Waals surface area contributed by atoms with Gasteiger partial charge in [-0.3, -0.25) is 9.59 Å². The minimum absolute atomic E-state index is 0.0231. The van der Waals surface area contributed by atoms with E-state index in [4.69, 9.17) is 21.4 Å². The maximum atomic E-state index is 12.5. The fourth-order valence-corrected chi connectivity index (χ4v) is 3.17. The highest BCUT2D eigenvalue weighted by atomic mass is 35.5. The maximum absolute atomic E-state index is 12.5. The van der Waals surface area contributed by atoms with E-state index >= 15 is 0 Å². The van der Waals surface area contributed by atoms with Crippen molar-refractivity contribution >= 4 is 35.1 Å². The zero-order valence-corrected chi connectivity index (χ0v) is 13.7. The number of hydrogen-bond donors (Lipinski definition) is 1. The number of ether oxygens (including phenoxy) is 1. The first-order valence-electron chi connectivity index (χ1n) is 7.70. The van der Waals surface area contributed by atoms with Crippen LogP contribution in [0.15, 0.2) is 18.2 Å². The number of carboxylic acids is 1. The van der Waals surface area contributed by atoms with E-state index in [9.17, 15) is 14.4 Å². The van der Waals surface area contributed by atoms with E-state index in [1.807, 2.05) is 0 Å². The lowest BCUT2D eigenvalue weighted by Crippen LogP contribution is -2.47. The third-order valence-electron chi connectivity index (χ3n) is 4.33. The molecule has 0 spiro atoms. The quantitative estimate of drug-likeness (QED) is 0.653. The number of halogens is 1. The van der Waals surface area contributed by atoms with Crippen molar-refractivity contribution in [2.45, 2.75) is 12.8 Å². The summed E-state index contributed by atoms with van der Waals surface area (Å²) >= 11 is 5.99. The number of hydrogen-bond acceptors (Lipinski definition) is 5. The molecule has 1 N–H and O–H groups in total. The van der Waals surface area contributed by atoms with E-state index in [2.05, 4.69) is 0 Å². The molecule has 1 saturated heterocycles. The number of carbonyl (C=O) groups excluding carboxylic acids is 2. The molecule has 24 heavy (non-hydrogen) atoms. The molecule has 3 rings (SSSR count). The molecule has 0 saturated carbocycles. The summed E-state index contributed by atoms with van der Waals surface area (Å²) in [6, 6.07) is 4.88. The van der Waals surface area contributed by atoms with Crippen LogP contribution in [0.3, 0.4) is 0 Å². The Morgan fingerprint density at radius 3 is 2.67 bits per heavy atom. The van der Waals surface area contributed by atoms with Crippen LogP contribution in [0.2, 0.25) is 5.02 Å². The maximum Gasteiger partial charge on any atom is 0.331 e. The van der Waals surface area contributed by atoms with Crippen molar-refractivity contribution in [1.29, 1.82) is 0 Å². The number of carboxylic acid groups (broad SMARTS) is 1. The molecule has 1 aromatic rings. The van der Waals surface area contributed by atoms with Gasteiger partial charge in [-0.15, -0.1) is 0 Å². The Kier molecular flexibility index (Phi) is 4.62. The van der Waals surface area contributed by atoms with Gasteiger partial charge in [0.05, 0.1) is 18.2 Å². The van der Waals surface area contributed by atoms with E-state index in [0.29, 0.717) is 42.4 Å². The lowest BCUT2D eigenvalue weighted by molar-refractivity contribution is -0.145. The third-order valence-corrected chi connectivity index (χ3v) is 4.56. The van der Waals surface area contributed by atoms with Gasteiger partial charge >= 0.3 is 11.9 Å². The van der Waals surface area contributed by atoms with Gasteiger partial charge in [-0.2, -0.15) is 0 Å². The predicted molar refractivity (Wildman–Crippen MR) is 86.2 cm³/mol. The Hall–Kier alpha value is -2.28. The number of nitrogens with zero attached hydrogens (tertiary/aromatic N) is 2. The number of aliphatic carboxylic acids is 1. The summed E-state index contributed by atoms with van der Waals surface area (Å²) in [6.07, 6.45) is 0.900. The summed E-state index contributed by atoms with van der Waals surface area (Å²) in [5, 5.41) is 9.51. The average molecular weight is 353 g/mol.